The van der Waals surface area contributed by atoms with Crippen molar-refractivity contribution in [2.24, 2.45) is 0 Å². The van der Waals surface area contributed by atoms with Crippen molar-refractivity contribution in [1.29, 1.82) is 0 Å². The van der Waals surface area contributed by atoms with Crippen molar-refractivity contribution < 1.29 is 32.2 Å². The van der Waals surface area contributed by atoms with E-state index < -0.39 is 35.2 Å². The first-order valence-corrected chi connectivity index (χ1v) is 6.49. The molecule has 124 valence electrons. The number of rotatable bonds is 5. The number of ketones is 1. The lowest BCUT2D eigenvalue weighted by atomic mass is 9.73. The van der Waals surface area contributed by atoms with Crippen LogP contribution in [0.4, 0.5) is 17.6 Å². The molecule has 3 nitrogen and oxygen atoms in total. The monoisotopic (exact) mass is 322 g/mol. The van der Waals surface area contributed by atoms with Crippen LogP contribution in [0, 0.1) is 5.82 Å². The highest BCUT2D eigenvalue weighted by Gasteiger charge is 2.59. The third-order valence-corrected chi connectivity index (χ3v) is 3.64. The Balaban J connectivity index is 3.36. The van der Waals surface area contributed by atoms with Gasteiger partial charge in [-0.25, -0.2) is 4.39 Å². The zero-order chi connectivity index (χ0) is 17.3. The Morgan fingerprint density at radius 2 is 1.82 bits per heavy atom. The van der Waals surface area contributed by atoms with Crippen LogP contribution >= 0.6 is 0 Å². The molecule has 0 radical (unpaired) electrons. The predicted molar refractivity (Wildman–Crippen MR) is 72.3 cm³/mol. The summed E-state index contributed by atoms with van der Waals surface area (Å²) in [6.45, 7) is 3.43. The summed E-state index contributed by atoms with van der Waals surface area (Å²) in [5.41, 5.74) is -4.73. The molecule has 0 aliphatic carbocycles. The molecule has 0 saturated carbocycles. The molecule has 22 heavy (non-hydrogen) atoms. The standard InChI is InChI=1S/C15H18F4O3/c1-9(20)14(21,15(17,18)19)8-13(2,3)11-7-10(16)5-6-12(11)22-4/h5-7,21H,8H2,1-4H3. The minimum Gasteiger partial charge on any atom is -0.496 e. The third kappa shape index (κ3) is 3.40. The first-order chi connectivity index (χ1) is 9.85. The van der Waals surface area contributed by atoms with Crippen molar-refractivity contribution in [3.63, 3.8) is 0 Å². The molecule has 0 heterocycles. The lowest BCUT2D eigenvalue weighted by molar-refractivity contribution is -0.255. The maximum Gasteiger partial charge on any atom is 0.424 e. The fourth-order valence-electron chi connectivity index (χ4n) is 2.37. The highest BCUT2D eigenvalue weighted by molar-refractivity contribution is 5.85. The van der Waals surface area contributed by atoms with E-state index >= 15 is 0 Å². The highest BCUT2D eigenvalue weighted by atomic mass is 19.4. The van der Waals surface area contributed by atoms with E-state index in [-0.39, 0.29) is 11.3 Å². The average Bonchev–Trinajstić information content (AvgIpc) is 2.36. The molecule has 1 aromatic carbocycles. The molecule has 1 aromatic rings. The Morgan fingerprint density at radius 1 is 1.27 bits per heavy atom. The molecule has 1 atom stereocenters. The van der Waals surface area contributed by atoms with Gasteiger partial charge in [0.05, 0.1) is 7.11 Å². The lowest BCUT2D eigenvalue weighted by Crippen LogP contribution is -2.54. The number of alkyl halides is 3. The zero-order valence-electron chi connectivity index (χ0n) is 12.7. The molecule has 0 fully saturated rings. The van der Waals surface area contributed by atoms with Gasteiger partial charge in [-0.1, -0.05) is 13.8 Å². The van der Waals surface area contributed by atoms with Gasteiger partial charge < -0.3 is 9.84 Å². The molecule has 1 rings (SSSR count). The number of Topliss-reactive ketones (excluding diaryl/α,β-unsaturated/α-hetero) is 1. The summed E-state index contributed by atoms with van der Waals surface area (Å²) in [7, 11) is 1.30. The maximum atomic E-state index is 13.4. The number of carbonyl (C=O) groups is 1. The van der Waals surface area contributed by atoms with Crippen LogP contribution in [0.5, 0.6) is 5.75 Å². The minimum absolute atomic E-state index is 0.138. The Morgan fingerprint density at radius 3 is 2.23 bits per heavy atom. The molecule has 0 aliphatic heterocycles. The third-order valence-electron chi connectivity index (χ3n) is 3.64. The minimum atomic E-state index is -5.13. The second-order valence-corrected chi connectivity index (χ2v) is 5.82. The fraction of sp³-hybridized carbons (Fsp3) is 0.533. The molecule has 0 aromatic heterocycles. The number of aliphatic hydroxyl groups is 1. The summed E-state index contributed by atoms with van der Waals surface area (Å²) < 4.78 is 57.7. The normalized spacial score (nSPS) is 15.3. The van der Waals surface area contributed by atoms with E-state index in [1.807, 2.05) is 0 Å². The van der Waals surface area contributed by atoms with E-state index in [4.69, 9.17) is 4.74 Å². The summed E-state index contributed by atoms with van der Waals surface area (Å²) in [5.74, 6) is -1.88. The van der Waals surface area contributed by atoms with Crippen molar-refractivity contribution in [3.05, 3.63) is 29.6 Å². The van der Waals surface area contributed by atoms with Gasteiger partial charge in [-0.3, -0.25) is 4.79 Å². The van der Waals surface area contributed by atoms with Crippen molar-refractivity contribution in [3.8, 4) is 5.75 Å². The van der Waals surface area contributed by atoms with Crippen LogP contribution < -0.4 is 4.74 Å². The van der Waals surface area contributed by atoms with Crippen LogP contribution in [-0.4, -0.2) is 29.8 Å². The van der Waals surface area contributed by atoms with Crippen LogP contribution in [0.2, 0.25) is 0 Å². The number of methoxy groups -OCH3 is 1. The summed E-state index contributed by atoms with van der Waals surface area (Å²) >= 11 is 0. The maximum absolute atomic E-state index is 13.4. The van der Waals surface area contributed by atoms with Gasteiger partial charge in [0.2, 0.25) is 5.60 Å². The van der Waals surface area contributed by atoms with Crippen molar-refractivity contribution >= 4 is 5.78 Å². The van der Waals surface area contributed by atoms with Crippen LogP contribution in [-0.2, 0) is 10.2 Å². The van der Waals surface area contributed by atoms with Crippen molar-refractivity contribution in [2.45, 2.75) is 44.4 Å². The fourth-order valence-corrected chi connectivity index (χ4v) is 2.37. The summed E-state index contributed by atoms with van der Waals surface area (Å²) in [6.07, 6.45) is -6.07. The first-order valence-electron chi connectivity index (χ1n) is 6.49. The topological polar surface area (TPSA) is 46.5 Å². The highest BCUT2D eigenvalue weighted by Crippen LogP contribution is 2.44. The number of benzene rings is 1. The largest absolute Gasteiger partial charge is 0.496 e. The van der Waals surface area contributed by atoms with E-state index in [1.54, 1.807) is 0 Å². The van der Waals surface area contributed by atoms with Gasteiger partial charge >= 0.3 is 6.18 Å². The van der Waals surface area contributed by atoms with Gasteiger partial charge in [0, 0.05) is 12.0 Å². The van der Waals surface area contributed by atoms with Gasteiger partial charge in [-0.05, 0) is 30.5 Å². The number of hydrogen-bond acceptors (Lipinski definition) is 3. The first kappa shape index (κ1) is 18.4. The summed E-state index contributed by atoms with van der Waals surface area (Å²) in [4.78, 5) is 11.4. The van der Waals surface area contributed by atoms with Crippen LogP contribution in [0.1, 0.15) is 32.8 Å². The van der Waals surface area contributed by atoms with Gasteiger partial charge in [-0.2, -0.15) is 13.2 Å². The molecule has 0 bridgehead atoms. The lowest BCUT2D eigenvalue weighted by Gasteiger charge is -2.36. The zero-order valence-corrected chi connectivity index (χ0v) is 12.7. The number of hydrogen-bond donors (Lipinski definition) is 1. The Kier molecular flexibility index (Phi) is 4.91. The van der Waals surface area contributed by atoms with Crippen LogP contribution in [0.3, 0.4) is 0 Å². The van der Waals surface area contributed by atoms with Gasteiger partial charge in [0.25, 0.3) is 0 Å². The molecule has 7 heteroatoms. The van der Waals surface area contributed by atoms with Gasteiger partial charge in [-0.15, -0.1) is 0 Å². The predicted octanol–water partition coefficient (Wildman–Crippen LogP) is 3.38. The molecule has 0 amide bonds. The van der Waals surface area contributed by atoms with E-state index in [9.17, 15) is 27.5 Å². The van der Waals surface area contributed by atoms with E-state index in [2.05, 4.69) is 0 Å². The van der Waals surface area contributed by atoms with Crippen molar-refractivity contribution in [1.82, 2.24) is 0 Å². The van der Waals surface area contributed by atoms with Gasteiger partial charge in [0.1, 0.15) is 11.6 Å². The number of halogens is 4. The van der Waals surface area contributed by atoms with Crippen LogP contribution in [0.15, 0.2) is 18.2 Å². The Labute approximate surface area is 125 Å². The average molecular weight is 322 g/mol. The van der Waals surface area contributed by atoms with E-state index in [0.29, 0.717) is 6.92 Å². The molecular formula is C15H18F4O3. The molecular weight excluding hydrogens is 304 g/mol. The van der Waals surface area contributed by atoms with Crippen LogP contribution in [0.25, 0.3) is 0 Å². The van der Waals surface area contributed by atoms with E-state index in [1.165, 1.54) is 27.0 Å². The molecule has 0 aliphatic rings. The molecule has 0 spiro atoms. The smallest absolute Gasteiger partial charge is 0.424 e. The quantitative estimate of drug-likeness (QED) is 0.845. The van der Waals surface area contributed by atoms with Gasteiger partial charge in [0.15, 0.2) is 5.78 Å². The molecule has 1 N–H and O–H groups in total. The van der Waals surface area contributed by atoms with Crippen molar-refractivity contribution in [2.75, 3.05) is 7.11 Å². The second kappa shape index (κ2) is 5.87. The molecule has 0 saturated heterocycles. The number of carbonyl (C=O) groups excluding carboxylic acids is 1. The second-order valence-electron chi connectivity index (χ2n) is 5.82. The summed E-state index contributed by atoms with van der Waals surface area (Å²) in [6, 6.07) is 3.43. The summed E-state index contributed by atoms with van der Waals surface area (Å²) in [5, 5.41) is 9.85. The van der Waals surface area contributed by atoms with E-state index in [0.717, 1.165) is 12.1 Å². The Hall–Kier alpha value is -1.63. The SMILES string of the molecule is COc1ccc(F)cc1C(C)(C)CC(O)(C(C)=O)C(F)(F)F. The molecule has 1 unspecified atom stereocenters. The Bertz CT molecular complexity index is 566. The number of ether oxygens (including phenoxy) is 1.